The second kappa shape index (κ2) is 14.1. The Balaban J connectivity index is 1.07. The second-order valence-corrected chi connectivity index (χ2v) is 20.3. The zero-order valence-electron chi connectivity index (χ0n) is 39.1. The van der Waals surface area contributed by atoms with Crippen LogP contribution in [-0.2, 0) is 0 Å². The summed E-state index contributed by atoms with van der Waals surface area (Å²) in [5.74, 6) is 0. The van der Waals surface area contributed by atoms with E-state index in [2.05, 4.69) is 243 Å². The molecule has 328 valence electrons. The molecule has 0 heteroatoms. The van der Waals surface area contributed by atoms with Crippen molar-refractivity contribution >= 4 is 129 Å². The Morgan fingerprint density at radius 2 is 0.292 bits per heavy atom. The number of hydrogen-bond acceptors (Lipinski definition) is 0. The molecule has 0 nitrogen and oxygen atoms in total. The van der Waals surface area contributed by atoms with E-state index in [1.165, 1.54) is 174 Å². The summed E-state index contributed by atoms with van der Waals surface area (Å²) in [6.07, 6.45) is 0. The first-order valence-electron chi connectivity index (χ1n) is 25.2. The van der Waals surface area contributed by atoms with Gasteiger partial charge in [-0.1, -0.05) is 194 Å². The van der Waals surface area contributed by atoms with Gasteiger partial charge >= 0.3 is 0 Å². The first kappa shape index (κ1) is 38.5. The molecule has 0 spiro atoms. The highest BCUT2D eigenvalue weighted by Gasteiger charge is 2.26. The molecule has 0 amide bonds. The van der Waals surface area contributed by atoms with E-state index in [1.807, 2.05) is 0 Å². The van der Waals surface area contributed by atoms with Crippen molar-refractivity contribution in [3.63, 3.8) is 0 Å². The molecule has 0 aliphatic heterocycles. The molecule has 0 bridgehead atoms. The summed E-state index contributed by atoms with van der Waals surface area (Å²) in [5.41, 5.74) is 10.0. The maximum Gasteiger partial charge on any atom is -0.00921 e. The highest BCUT2D eigenvalue weighted by atomic mass is 14.3. The normalized spacial score (nSPS) is 12.4. The molecule has 16 aromatic rings. The minimum Gasteiger partial charge on any atom is -0.0616 e. The molecule has 0 saturated heterocycles. The van der Waals surface area contributed by atoms with Crippen LogP contribution in [0.3, 0.4) is 0 Å². The molecule has 0 N–H and O–H groups in total. The quantitative estimate of drug-likeness (QED) is 0.133. The number of benzene rings is 16. The van der Waals surface area contributed by atoms with Gasteiger partial charge in [0.15, 0.2) is 0 Å². The molecule has 0 saturated carbocycles. The summed E-state index contributed by atoms with van der Waals surface area (Å²) < 4.78 is 0. The minimum atomic E-state index is 1.24. The molecule has 0 heterocycles. The summed E-state index contributed by atoms with van der Waals surface area (Å²) in [4.78, 5) is 0. The Morgan fingerprint density at radius 3 is 0.528 bits per heavy atom. The lowest BCUT2D eigenvalue weighted by molar-refractivity contribution is 1.58. The van der Waals surface area contributed by atoms with Gasteiger partial charge in [-0.3, -0.25) is 0 Å². The maximum absolute atomic E-state index is 2.54. The second-order valence-electron chi connectivity index (χ2n) is 20.3. The lowest BCUT2D eigenvalue weighted by atomic mass is 9.77. The SMILES string of the molecule is c1ccc2c(c1)ccc1c3cc4c(cc3ccc21)-c1cc2ccc3c5ccccc5ccc3c2cc1-c1cc2c(ccc3c5ccccc5ccc23)cc1-c1cc2c(ccc3c5ccccc5ccc23)cc1-4. The molecule has 16 aromatic carbocycles. The Hall–Kier alpha value is -9.36. The van der Waals surface area contributed by atoms with Crippen LogP contribution in [0.1, 0.15) is 0 Å². The van der Waals surface area contributed by atoms with Gasteiger partial charge in [0.1, 0.15) is 0 Å². The molecule has 0 radical (unpaired) electrons. The molecule has 0 atom stereocenters. The molecule has 0 unspecified atom stereocenters. The van der Waals surface area contributed by atoms with Crippen molar-refractivity contribution in [3.05, 3.63) is 243 Å². The largest absolute Gasteiger partial charge is 0.0616 e. The predicted octanol–water partition coefficient (Wildman–Crippen LogP) is 20.5. The van der Waals surface area contributed by atoms with Crippen molar-refractivity contribution < 1.29 is 0 Å². The van der Waals surface area contributed by atoms with E-state index in [0.717, 1.165) is 0 Å². The average Bonchev–Trinajstić information content (AvgIpc) is 3.44. The summed E-state index contributed by atoms with van der Waals surface area (Å²) in [6.45, 7) is 0. The fourth-order valence-corrected chi connectivity index (χ4v) is 13.3. The van der Waals surface area contributed by atoms with Crippen LogP contribution in [0.15, 0.2) is 243 Å². The topological polar surface area (TPSA) is 0 Å². The molecular weight excluding hydrogens is 865 g/mol. The van der Waals surface area contributed by atoms with Crippen LogP contribution in [0.25, 0.3) is 174 Å². The van der Waals surface area contributed by atoms with Crippen molar-refractivity contribution in [2.75, 3.05) is 0 Å². The average molecular weight is 905 g/mol. The molecule has 72 heavy (non-hydrogen) atoms. The zero-order valence-corrected chi connectivity index (χ0v) is 39.1. The lowest BCUT2D eigenvalue weighted by Gasteiger charge is -2.26. The molecule has 0 fully saturated rings. The fraction of sp³-hybridized carbons (Fsp3) is 0. The van der Waals surface area contributed by atoms with E-state index in [9.17, 15) is 0 Å². The Bertz CT molecular complexity index is 5150. The smallest absolute Gasteiger partial charge is 0.00921 e. The standard InChI is InChI=1S/C72H40/c1-5-13-49-41(9-1)17-25-57-53(49)29-21-45-33-65-66-34-46-22-30-55-51-15-7-3-11-43(51)19-27-59(55)63(46)39-71(66)72-40-64-48(24-32-56-52-16-8-4-12-44(52)20-28-60(56)64)36-68(72)70-38-62-47(35-67(70)69(65)37-61(45)57)23-31-54-50-14-6-2-10-42(50)18-26-58(54)62/h1-40H. The van der Waals surface area contributed by atoms with Crippen LogP contribution in [0.2, 0.25) is 0 Å². The van der Waals surface area contributed by atoms with E-state index >= 15 is 0 Å². The van der Waals surface area contributed by atoms with Crippen molar-refractivity contribution in [1.82, 2.24) is 0 Å². The van der Waals surface area contributed by atoms with Gasteiger partial charge < -0.3 is 0 Å². The van der Waals surface area contributed by atoms with Crippen molar-refractivity contribution in [2.24, 2.45) is 0 Å². The lowest BCUT2D eigenvalue weighted by Crippen LogP contribution is -1.99. The molecule has 0 aromatic heterocycles. The van der Waals surface area contributed by atoms with Gasteiger partial charge in [-0.15, -0.1) is 0 Å². The van der Waals surface area contributed by atoms with Gasteiger partial charge in [0.05, 0.1) is 0 Å². The van der Waals surface area contributed by atoms with Gasteiger partial charge in [-0.05, 0) is 222 Å². The van der Waals surface area contributed by atoms with Crippen LogP contribution in [0, 0.1) is 0 Å². The van der Waals surface area contributed by atoms with Gasteiger partial charge in [0.25, 0.3) is 0 Å². The first-order chi connectivity index (χ1) is 35.7. The van der Waals surface area contributed by atoms with Crippen LogP contribution in [0.5, 0.6) is 0 Å². The molecule has 1 aliphatic carbocycles. The first-order valence-corrected chi connectivity index (χ1v) is 25.2. The minimum absolute atomic E-state index is 1.24. The van der Waals surface area contributed by atoms with Crippen LogP contribution in [0.4, 0.5) is 0 Å². The molecule has 17 rings (SSSR count). The maximum atomic E-state index is 2.54. The van der Waals surface area contributed by atoms with Gasteiger partial charge in [-0.2, -0.15) is 0 Å². The number of hydrogen-bond donors (Lipinski definition) is 0. The fourth-order valence-electron chi connectivity index (χ4n) is 13.3. The summed E-state index contributed by atoms with van der Waals surface area (Å²) in [5, 5.41) is 30.5. The monoisotopic (exact) mass is 904 g/mol. The van der Waals surface area contributed by atoms with Crippen LogP contribution < -0.4 is 0 Å². The van der Waals surface area contributed by atoms with Gasteiger partial charge in [-0.25, -0.2) is 0 Å². The van der Waals surface area contributed by atoms with Crippen molar-refractivity contribution in [2.45, 2.75) is 0 Å². The number of fused-ring (bicyclic) bond motifs is 28. The highest BCUT2D eigenvalue weighted by molar-refractivity contribution is 6.26. The van der Waals surface area contributed by atoms with Crippen molar-refractivity contribution in [1.29, 1.82) is 0 Å². The van der Waals surface area contributed by atoms with E-state index in [0.29, 0.717) is 0 Å². The number of rotatable bonds is 0. The Labute approximate surface area is 414 Å². The van der Waals surface area contributed by atoms with E-state index in [4.69, 9.17) is 0 Å². The van der Waals surface area contributed by atoms with E-state index in [-0.39, 0.29) is 0 Å². The summed E-state index contributed by atoms with van der Waals surface area (Å²) in [7, 11) is 0. The zero-order chi connectivity index (χ0) is 46.8. The third kappa shape index (κ3) is 5.25. The van der Waals surface area contributed by atoms with Crippen LogP contribution in [-0.4, -0.2) is 0 Å². The molecule has 1 aliphatic rings. The Kier molecular flexibility index (Phi) is 7.55. The highest BCUT2D eigenvalue weighted by Crippen LogP contribution is 2.54. The molecular formula is C72H40. The van der Waals surface area contributed by atoms with Gasteiger partial charge in [0, 0.05) is 0 Å². The van der Waals surface area contributed by atoms with E-state index < -0.39 is 0 Å². The van der Waals surface area contributed by atoms with Crippen LogP contribution >= 0.6 is 0 Å². The van der Waals surface area contributed by atoms with Crippen molar-refractivity contribution in [3.8, 4) is 44.5 Å². The van der Waals surface area contributed by atoms with Gasteiger partial charge in [0.2, 0.25) is 0 Å². The third-order valence-electron chi connectivity index (χ3n) is 16.7. The predicted molar refractivity (Wildman–Crippen MR) is 312 cm³/mol. The van der Waals surface area contributed by atoms with E-state index in [1.54, 1.807) is 0 Å². The third-order valence-corrected chi connectivity index (χ3v) is 16.7. The summed E-state index contributed by atoms with van der Waals surface area (Å²) >= 11 is 0. The Morgan fingerprint density at radius 1 is 0.111 bits per heavy atom. The summed E-state index contributed by atoms with van der Waals surface area (Å²) in [6, 6.07) is 92.9.